The van der Waals surface area contributed by atoms with Gasteiger partial charge in [-0.3, -0.25) is 9.59 Å². The second-order valence-corrected chi connectivity index (χ2v) is 6.01. The Labute approximate surface area is 114 Å². The van der Waals surface area contributed by atoms with Crippen molar-refractivity contribution in [2.75, 3.05) is 40.8 Å². The SMILES string of the molecule is COC(=O)C1(C(=O)N(C)CCC2CCN(C)C2)CC1. The Balaban J connectivity index is 1.81. The molecule has 1 aliphatic heterocycles. The van der Waals surface area contributed by atoms with E-state index in [-0.39, 0.29) is 11.9 Å². The summed E-state index contributed by atoms with van der Waals surface area (Å²) in [7, 11) is 5.28. The van der Waals surface area contributed by atoms with Gasteiger partial charge in [0, 0.05) is 20.1 Å². The third kappa shape index (κ3) is 2.91. The maximum atomic E-state index is 12.3. The summed E-state index contributed by atoms with van der Waals surface area (Å²) in [6, 6.07) is 0. The van der Waals surface area contributed by atoms with Crippen molar-refractivity contribution in [2.45, 2.75) is 25.7 Å². The van der Waals surface area contributed by atoms with Crippen molar-refractivity contribution in [1.29, 1.82) is 0 Å². The van der Waals surface area contributed by atoms with Crippen LogP contribution in [0.5, 0.6) is 0 Å². The zero-order valence-electron chi connectivity index (χ0n) is 12.1. The van der Waals surface area contributed by atoms with E-state index in [1.807, 2.05) is 0 Å². The summed E-state index contributed by atoms with van der Waals surface area (Å²) in [5.74, 6) is 0.240. The van der Waals surface area contributed by atoms with Crippen LogP contribution in [0.3, 0.4) is 0 Å². The van der Waals surface area contributed by atoms with E-state index in [0.29, 0.717) is 18.8 Å². The number of ether oxygens (including phenoxy) is 1. The van der Waals surface area contributed by atoms with Crippen molar-refractivity contribution in [3.8, 4) is 0 Å². The fourth-order valence-corrected chi connectivity index (χ4v) is 2.93. The molecule has 0 bridgehead atoms. The van der Waals surface area contributed by atoms with Gasteiger partial charge in [-0.05, 0) is 45.2 Å². The molecular formula is C14H24N2O3. The monoisotopic (exact) mass is 268 g/mol. The Bertz CT molecular complexity index is 366. The summed E-state index contributed by atoms with van der Waals surface area (Å²) in [6.07, 6.45) is 3.49. The van der Waals surface area contributed by atoms with E-state index < -0.39 is 5.41 Å². The molecule has 1 unspecified atom stereocenters. The predicted octanol–water partition coefficient (Wildman–Crippen LogP) is 0.740. The minimum Gasteiger partial charge on any atom is -0.468 e. The average molecular weight is 268 g/mol. The molecule has 0 aromatic heterocycles. The molecule has 0 spiro atoms. The molecule has 0 aromatic carbocycles. The van der Waals surface area contributed by atoms with E-state index in [1.165, 1.54) is 13.5 Å². The first kappa shape index (κ1) is 14.3. The van der Waals surface area contributed by atoms with Crippen LogP contribution in [-0.4, -0.2) is 62.5 Å². The first-order valence-corrected chi connectivity index (χ1v) is 7.02. The number of carbonyl (C=O) groups excluding carboxylic acids is 2. The van der Waals surface area contributed by atoms with Gasteiger partial charge < -0.3 is 14.5 Å². The van der Waals surface area contributed by atoms with Gasteiger partial charge in [0.15, 0.2) is 0 Å². The molecule has 2 rings (SSSR count). The van der Waals surface area contributed by atoms with Gasteiger partial charge in [0.05, 0.1) is 7.11 Å². The fourth-order valence-electron chi connectivity index (χ4n) is 2.93. The summed E-state index contributed by atoms with van der Waals surface area (Å²) < 4.78 is 4.75. The summed E-state index contributed by atoms with van der Waals surface area (Å²) in [6.45, 7) is 2.99. The average Bonchev–Trinajstić information content (AvgIpc) is 3.12. The number of esters is 1. The zero-order valence-corrected chi connectivity index (χ0v) is 12.1. The zero-order chi connectivity index (χ0) is 14.0. The second-order valence-electron chi connectivity index (χ2n) is 6.01. The highest BCUT2D eigenvalue weighted by atomic mass is 16.5. The number of methoxy groups -OCH3 is 1. The van der Waals surface area contributed by atoms with Crippen molar-refractivity contribution >= 4 is 11.9 Å². The third-order valence-corrected chi connectivity index (χ3v) is 4.44. The van der Waals surface area contributed by atoms with Crippen molar-refractivity contribution in [2.24, 2.45) is 11.3 Å². The molecule has 0 radical (unpaired) electrons. The molecule has 1 aliphatic carbocycles. The third-order valence-electron chi connectivity index (χ3n) is 4.44. The maximum absolute atomic E-state index is 12.3. The Morgan fingerprint density at radius 2 is 2.11 bits per heavy atom. The molecule has 1 saturated carbocycles. The standard InChI is InChI=1S/C14H24N2O3/c1-15-8-4-11(10-15)5-9-16(2)12(17)14(6-7-14)13(18)19-3/h11H,4-10H2,1-3H3. The van der Waals surface area contributed by atoms with Gasteiger partial charge in [0.2, 0.25) is 5.91 Å². The van der Waals surface area contributed by atoms with Gasteiger partial charge in [-0.2, -0.15) is 0 Å². The van der Waals surface area contributed by atoms with Crippen LogP contribution in [0.2, 0.25) is 0 Å². The normalized spacial score (nSPS) is 25.1. The highest BCUT2D eigenvalue weighted by molar-refractivity contribution is 6.05. The number of carbonyl (C=O) groups is 2. The van der Waals surface area contributed by atoms with Gasteiger partial charge >= 0.3 is 5.97 Å². The topological polar surface area (TPSA) is 49.9 Å². The molecule has 108 valence electrons. The molecule has 1 amide bonds. The molecule has 1 saturated heterocycles. The van der Waals surface area contributed by atoms with Gasteiger partial charge in [-0.1, -0.05) is 0 Å². The highest BCUT2D eigenvalue weighted by Gasteiger charge is 2.58. The Morgan fingerprint density at radius 1 is 1.42 bits per heavy atom. The van der Waals surface area contributed by atoms with Crippen molar-refractivity contribution < 1.29 is 14.3 Å². The van der Waals surface area contributed by atoms with Crippen molar-refractivity contribution in [1.82, 2.24) is 9.80 Å². The molecule has 0 aromatic rings. The van der Waals surface area contributed by atoms with Crippen LogP contribution in [0.15, 0.2) is 0 Å². The summed E-state index contributed by atoms with van der Waals surface area (Å²) in [5.41, 5.74) is -0.851. The minimum atomic E-state index is -0.851. The number of hydrogen-bond donors (Lipinski definition) is 0. The lowest BCUT2D eigenvalue weighted by Crippen LogP contribution is -2.40. The number of nitrogens with zero attached hydrogens (tertiary/aromatic N) is 2. The highest BCUT2D eigenvalue weighted by Crippen LogP contribution is 2.48. The quantitative estimate of drug-likeness (QED) is 0.545. The van der Waals surface area contributed by atoms with Crippen LogP contribution in [0.25, 0.3) is 0 Å². The van der Waals surface area contributed by atoms with Crippen LogP contribution in [0.4, 0.5) is 0 Å². The van der Waals surface area contributed by atoms with E-state index in [0.717, 1.165) is 26.1 Å². The van der Waals surface area contributed by atoms with Gasteiger partial charge in [-0.15, -0.1) is 0 Å². The summed E-state index contributed by atoms with van der Waals surface area (Å²) in [5, 5.41) is 0. The van der Waals surface area contributed by atoms with Crippen molar-refractivity contribution in [3.05, 3.63) is 0 Å². The molecule has 5 nitrogen and oxygen atoms in total. The van der Waals surface area contributed by atoms with Gasteiger partial charge in [0.1, 0.15) is 5.41 Å². The molecular weight excluding hydrogens is 244 g/mol. The fraction of sp³-hybridized carbons (Fsp3) is 0.857. The van der Waals surface area contributed by atoms with Crippen LogP contribution in [0, 0.1) is 11.3 Å². The van der Waals surface area contributed by atoms with E-state index in [4.69, 9.17) is 4.74 Å². The molecule has 0 N–H and O–H groups in total. The van der Waals surface area contributed by atoms with E-state index >= 15 is 0 Å². The van der Waals surface area contributed by atoms with Crippen molar-refractivity contribution in [3.63, 3.8) is 0 Å². The molecule has 2 fully saturated rings. The minimum absolute atomic E-state index is 0.0642. The van der Waals surface area contributed by atoms with Gasteiger partial charge in [0.25, 0.3) is 0 Å². The molecule has 19 heavy (non-hydrogen) atoms. The molecule has 1 atom stereocenters. The Morgan fingerprint density at radius 3 is 2.58 bits per heavy atom. The van der Waals surface area contributed by atoms with E-state index in [2.05, 4.69) is 11.9 Å². The lowest BCUT2D eigenvalue weighted by atomic mass is 10.0. The lowest BCUT2D eigenvalue weighted by Gasteiger charge is -2.23. The second kappa shape index (κ2) is 5.49. The first-order valence-electron chi connectivity index (χ1n) is 7.02. The largest absolute Gasteiger partial charge is 0.468 e. The van der Waals surface area contributed by atoms with Gasteiger partial charge in [-0.25, -0.2) is 0 Å². The number of hydrogen-bond acceptors (Lipinski definition) is 4. The van der Waals surface area contributed by atoms with E-state index in [9.17, 15) is 9.59 Å². The van der Waals surface area contributed by atoms with E-state index in [1.54, 1.807) is 11.9 Å². The number of amides is 1. The first-order chi connectivity index (χ1) is 8.99. The number of likely N-dealkylation sites (tertiary alicyclic amines) is 1. The summed E-state index contributed by atoms with van der Waals surface area (Å²) in [4.78, 5) is 28.0. The maximum Gasteiger partial charge on any atom is 0.321 e. The molecule has 1 heterocycles. The number of rotatable bonds is 5. The Kier molecular flexibility index (Phi) is 4.13. The molecule has 5 heteroatoms. The summed E-state index contributed by atoms with van der Waals surface area (Å²) >= 11 is 0. The van der Waals surface area contributed by atoms with Crippen LogP contribution >= 0.6 is 0 Å². The molecule has 2 aliphatic rings. The lowest BCUT2D eigenvalue weighted by molar-refractivity contribution is -0.155. The van der Waals surface area contributed by atoms with Crippen LogP contribution in [-0.2, 0) is 14.3 Å². The van der Waals surface area contributed by atoms with Crippen LogP contribution < -0.4 is 0 Å². The predicted molar refractivity (Wildman–Crippen MR) is 71.5 cm³/mol. The van der Waals surface area contributed by atoms with Crippen LogP contribution in [0.1, 0.15) is 25.7 Å². The smallest absolute Gasteiger partial charge is 0.321 e. The Hall–Kier alpha value is -1.10.